The molecule has 0 spiro atoms. The summed E-state index contributed by atoms with van der Waals surface area (Å²) in [6, 6.07) is 11.2. The van der Waals surface area contributed by atoms with Crippen molar-refractivity contribution >= 4 is 11.7 Å². The van der Waals surface area contributed by atoms with Gasteiger partial charge in [0.1, 0.15) is 0 Å². The predicted octanol–water partition coefficient (Wildman–Crippen LogP) is 3.48. The number of carbonyl (C=O) groups is 2. The standard InChI is InChI=1S/C19H22N2O2/c1-3-15-4-6-17(7-5-15)18(22)8-9-19(23)21-14(2)16-10-12-20-13-11-16/h4-7,10-14H,3,8-9H2,1-2H3,(H,21,23). The first-order valence-corrected chi connectivity index (χ1v) is 7.91. The Morgan fingerprint density at radius 3 is 2.30 bits per heavy atom. The Morgan fingerprint density at radius 2 is 1.70 bits per heavy atom. The van der Waals surface area contributed by atoms with Crippen LogP contribution in [0, 0.1) is 0 Å². The van der Waals surface area contributed by atoms with Crippen molar-refractivity contribution in [3.05, 3.63) is 65.5 Å². The van der Waals surface area contributed by atoms with E-state index in [1.165, 1.54) is 5.56 Å². The van der Waals surface area contributed by atoms with Crippen molar-refractivity contribution < 1.29 is 9.59 Å². The predicted molar refractivity (Wildman–Crippen MR) is 90.2 cm³/mol. The fraction of sp³-hybridized carbons (Fsp3) is 0.316. The molecule has 0 radical (unpaired) electrons. The van der Waals surface area contributed by atoms with Crippen molar-refractivity contribution in [1.29, 1.82) is 0 Å². The SMILES string of the molecule is CCc1ccc(C(=O)CCC(=O)NC(C)c2ccncc2)cc1. The summed E-state index contributed by atoms with van der Waals surface area (Å²) < 4.78 is 0. The van der Waals surface area contributed by atoms with Crippen LogP contribution in [0.4, 0.5) is 0 Å². The maximum atomic E-state index is 12.1. The van der Waals surface area contributed by atoms with Gasteiger partial charge in [0.2, 0.25) is 5.91 Å². The van der Waals surface area contributed by atoms with E-state index in [2.05, 4.69) is 17.2 Å². The summed E-state index contributed by atoms with van der Waals surface area (Å²) in [6.45, 7) is 3.99. The maximum Gasteiger partial charge on any atom is 0.220 e. The molecular weight excluding hydrogens is 288 g/mol. The fourth-order valence-electron chi connectivity index (χ4n) is 2.35. The number of hydrogen-bond donors (Lipinski definition) is 1. The molecule has 1 aromatic heterocycles. The number of nitrogens with zero attached hydrogens (tertiary/aromatic N) is 1. The maximum absolute atomic E-state index is 12.1. The second kappa shape index (κ2) is 8.22. The lowest BCUT2D eigenvalue weighted by Gasteiger charge is -2.13. The third-order valence-corrected chi connectivity index (χ3v) is 3.85. The molecule has 0 aliphatic heterocycles. The number of ketones is 1. The zero-order valence-corrected chi connectivity index (χ0v) is 13.6. The van der Waals surface area contributed by atoms with E-state index in [1.807, 2.05) is 43.3 Å². The minimum absolute atomic E-state index is 0.000586. The normalized spacial score (nSPS) is 11.7. The third-order valence-electron chi connectivity index (χ3n) is 3.85. The monoisotopic (exact) mass is 310 g/mol. The molecule has 1 unspecified atom stereocenters. The van der Waals surface area contributed by atoms with Gasteiger partial charge in [0, 0.05) is 30.8 Å². The van der Waals surface area contributed by atoms with Gasteiger partial charge in [-0.3, -0.25) is 14.6 Å². The van der Waals surface area contributed by atoms with E-state index in [0.29, 0.717) is 5.56 Å². The smallest absolute Gasteiger partial charge is 0.220 e. The summed E-state index contributed by atoms with van der Waals surface area (Å²) in [5.41, 5.74) is 2.86. The molecule has 1 N–H and O–H groups in total. The lowest BCUT2D eigenvalue weighted by Crippen LogP contribution is -2.26. The van der Waals surface area contributed by atoms with Gasteiger partial charge in [-0.25, -0.2) is 0 Å². The van der Waals surface area contributed by atoms with Crippen molar-refractivity contribution in [2.24, 2.45) is 0 Å². The summed E-state index contributed by atoms with van der Waals surface area (Å²) in [4.78, 5) is 28.1. The molecule has 0 bridgehead atoms. The molecule has 1 heterocycles. The van der Waals surface area contributed by atoms with E-state index in [1.54, 1.807) is 12.4 Å². The van der Waals surface area contributed by atoms with Gasteiger partial charge < -0.3 is 5.32 Å². The quantitative estimate of drug-likeness (QED) is 0.796. The number of amides is 1. The highest BCUT2D eigenvalue weighted by Gasteiger charge is 2.12. The second-order valence-corrected chi connectivity index (χ2v) is 5.54. The largest absolute Gasteiger partial charge is 0.350 e. The summed E-state index contributed by atoms with van der Waals surface area (Å²) in [5, 5.41) is 2.90. The molecule has 120 valence electrons. The van der Waals surface area contributed by atoms with Crippen LogP contribution in [0.1, 0.15) is 54.2 Å². The zero-order chi connectivity index (χ0) is 16.7. The molecule has 1 aromatic carbocycles. The van der Waals surface area contributed by atoms with Gasteiger partial charge in [-0.05, 0) is 36.6 Å². The van der Waals surface area contributed by atoms with Gasteiger partial charge in [-0.1, -0.05) is 31.2 Å². The van der Waals surface area contributed by atoms with Crippen LogP contribution in [0.15, 0.2) is 48.8 Å². The zero-order valence-electron chi connectivity index (χ0n) is 13.6. The Kier molecular flexibility index (Phi) is 6.03. The minimum atomic E-state index is -0.118. The highest BCUT2D eigenvalue weighted by atomic mass is 16.2. The Labute approximate surface area is 137 Å². The second-order valence-electron chi connectivity index (χ2n) is 5.54. The van der Waals surface area contributed by atoms with Gasteiger partial charge in [0.05, 0.1) is 6.04 Å². The van der Waals surface area contributed by atoms with Crippen molar-refractivity contribution in [2.45, 2.75) is 39.2 Å². The number of hydrogen-bond acceptors (Lipinski definition) is 3. The van der Waals surface area contributed by atoms with E-state index in [9.17, 15) is 9.59 Å². The van der Waals surface area contributed by atoms with Gasteiger partial charge >= 0.3 is 0 Å². The molecule has 0 aliphatic carbocycles. The van der Waals surface area contributed by atoms with Crippen molar-refractivity contribution in [1.82, 2.24) is 10.3 Å². The summed E-state index contributed by atoms with van der Waals surface area (Å²) in [7, 11) is 0. The van der Waals surface area contributed by atoms with Crippen molar-refractivity contribution in [2.75, 3.05) is 0 Å². The number of aryl methyl sites for hydroxylation is 1. The van der Waals surface area contributed by atoms with Crippen LogP contribution in [0.3, 0.4) is 0 Å². The van der Waals surface area contributed by atoms with Crippen LogP contribution in [0.25, 0.3) is 0 Å². The Hall–Kier alpha value is -2.49. The molecular formula is C19H22N2O2. The average Bonchev–Trinajstić information content (AvgIpc) is 2.60. The van der Waals surface area contributed by atoms with Gasteiger partial charge in [-0.15, -0.1) is 0 Å². The molecule has 0 fully saturated rings. The number of carbonyl (C=O) groups excluding carboxylic acids is 2. The van der Waals surface area contributed by atoms with E-state index < -0.39 is 0 Å². The van der Waals surface area contributed by atoms with Crippen LogP contribution in [0.5, 0.6) is 0 Å². The molecule has 0 aliphatic rings. The number of rotatable bonds is 7. The molecule has 2 aromatic rings. The molecule has 4 nitrogen and oxygen atoms in total. The fourth-order valence-corrected chi connectivity index (χ4v) is 2.35. The Morgan fingerprint density at radius 1 is 1.04 bits per heavy atom. The van der Waals surface area contributed by atoms with E-state index >= 15 is 0 Å². The van der Waals surface area contributed by atoms with Crippen LogP contribution in [-0.2, 0) is 11.2 Å². The average molecular weight is 310 g/mol. The van der Waals surface area contributed by atoms with Gasteiger partial charge in [-0.2, -0.15) is 0 Å². The molecule has 0 saturated carbocycles. The Bertz CT molecular complexity index is 651. The molecule has 0 saturated heterocycles. The first kappa shape index (κ1) is 16.9. The summed E-state index contributed by atoms with van der Waals surface area (Å²) >= 11 is 0. The van der Waals surface area contributed by atoms with Crippen LogP contribution in [0.2, 0.25) is 0 Å². The molecule has 23 heavy (non-hydrogen) atoms. The van der Waals surface area contributed by atoms with E-state index in [4.69, 9.17) is 0 Å². The van der Waals surface area contributed by atoms with E-state index in [-0.39, 0.29) is 30.6 Å². The van der Waals surface area contributed by atoms with Crippen molar-refractivity contribution in [3.63, 3.8) is 0 Å². The number of benzene rings is 1. The summed E-state index contributed by atoms with van der Waals surface area (Å²) in [6.07, 6.45) is 4.76. The first-order chi connectivity index (χ1) is 11.1. The van der Waals surface area contributed by atoms with Crippen LogP contribution < -0.4 is 5.32 Å². The molecule has 2 rings (SSSR count). The number of aromatic nitrogens is 1. The first-order valence-electron chi connectivity index (χ1n) is 7.91. The highest BCUT2D eigenvalue weighted by molar-refractivity contribution is 5.98. The number of nitrogens with one attached hydrogen (secondary N) is 1. The van der Waals surface area contributed by atoms with Gasteiger partial charge in [0.25, 0.3) is 0 Å². The lowest BCUT2D eigenvalue weighted by molar-refractivity contribution is -0.121. The number of pyridine rings is 1. The van der Waals surface area contributed by atoms with Crippen LogP contribution >= 0.6 is 0 Å². The summed E-state index contributed by atoms with van der Waals surface area (Å²) in [5.74, 6) is -0.118. The van der Waals surface area contributed by atoms with E-state index in [0.717, 1.165) is 12.0 Å². The highest BCUT2D eigenvalue weighted by Crippen LogP contribution is 2.12. The van der Waals surface area contributed by atoms with Gasteiger partial charge in [0.15, 0.2) is 5.78 Å². The lowest BCUT2D eigenvalue weighted by atomic mass is 10.0. The molecule has 1 amide bonds. The molecule has 4 heteroatoms. The Balaban J connectivity index is 1.82. The topological polar surface area (TPSA) is 59.1 Å². The van der Waals surface area contributed by atoms with Crippen molar-refractivity contribution in [3.8, 4) is 0 Å². The minimum Gasteiger partial charge on any atom is -0.350 e. The molecule has 1 atom stereocenters. The van der Waals surface area contributed by atoms with Crippen LogP contribution in [-0.4, -0.2) is 16.7 Å². The third kappa shape index (κ3) is 5.02. The number of Topliss-reactive ketones (excluding diaryl/α,β-unsaturated/α-hetero) is 1.